The van der Waals surface area contributed by atoms with Crippen molar-refractivity contribution in [2.75, 3.05) is 13.1 Å². The zero-order chi connectivity index (χ0) is 18.1. The van der Waals surface area contributed by atoms with Gasteiger partial charge in [-0.15, -0.1) is 0 Å². The number of amides is 1. The topological polar surface area (TPSA) is 49.4 Å². The minimum absolute atomic E-state index is 0.0102. The van der Waals surface area contributed by atoms with Gasteiger partial charge in [-0.2, -0.15) is 0 Å². The smallest absolute Gasteiger partial charge is 0.219 e. The van der Waals surface area contributed by atoms with Crippen LogP contribution in [0.5, 0.6) is 0 Å². The van der Waals surface area contributed by atoms with Crippen molar-refractivity contribution < 1.29 is 9.59 Å². The fourth-order valence-electron chi connectivity index (χ4n) is 2.58. The Morgan fingerprint density at radius 1 is 1.12 bits per heavy atom. The number of halogens is 1. The van der Waals surface area contributed by atoms with Crippen molar-refractivity contribution in [2.45, 2.75) is 46.6 Å². The number of nitrogens with one attached hydrogen (secondary N) is 1. The third-order valence-electron chi connectivity index (χ3n) is 3.94. The van der Waals surface area contributed by atoms with Crippen LogP contribution < -0.4 is 5.32 Å². The highest BCUT2D eigenvalue weighted by molar-refractivity contribution is 6.30. The second kappa shape index (κ2) is 10.1. The Kier molecular flexibility index (Phi) is 8.55. The van der Waals surface area contributed by atoms with Gasteiger partial charge < -0.3 is 10.2 Å². The number of carbonyl (C=O) groups excluding carboxylic acids is 2. The molecule has 0 bridgehead atoms. The molecule has 0 unspecified atom stereocenters. The van der Waals surface area contributed by atoms with Gasteiger partial charge in [0, 0.05) is 42.9 Å². The standard InChI is InChI=1S/C17H21ClN2O2.C2H6/c1-12(21)17(14-3-5-15(18)6-4-14)11-19-16-7-9-20(10-8-16)13(2)22;1-2/h3-6,11,16,19H,7-10H2,1-2H3;1-2H3/b17-11-;. The van der Waals surface area contributed by atoms with E-state index in [1.165, 1.54) is 0 Å². The van der Waals surface area contributed by atoms with Gasteiger partial charge in [0.2, 0.25) is 5.91 Å². The van der Waals surface area contributed by atoms with Gasteiger partial charge in [0.25, 0.3) is 0 Å². The number of allylic oxidation sites excluding steroid dienone is 1. The molecule has 1 N–H and O–H groups in total. The summed E-state index contributed by atoms with van der Waals surface area (Å²) in [5, 5.41) is 3.97. The number of benzene rings is 1. The Morgan fingerprint density at radius 2 is 1.67 bits per heavy atom. The first-order valence-corrected chi connectivity index (χ1v) is 8.84. The molecule has 1 aliphatic heterocycles. The highest BCUT2D eigenvalue weighted by Crippen LogP contribution is 2.19. The van der Waals surface area contributed by atoms with E-state index in [0.717, 1.165) is 31.5 Å². The van der Waals surface area contributed by atoms with E-state index >= 15 is 0 Å². The second-order valence-electron chi connectivity index (χ2n) is 5.57. The summed E-state index contributed by atoms with van der Waals surface area (Å²) in [4.78, 5) is 25.0. The first-order chi connectivity index (χ1) is 11.5. The van der Waals surface area contributed by atoms with Crippen LogP contribution in [0, 0.1) is 0 Å². The van der Waals surface area contributed by atoms with Crippen molar-refractivity contribution in [1.82, 2.24) is 10.2 Å². The third kappa shape index (κ3) is 6.00. The molecule has 0 radical (unpaired) electrons. The number of hydrogen-bond acceptors (Lipinski definition) is 3. The largest absolute Gasteiger partial charge is 0.387 e. The van der Waals surface area contributed by atoms with E-state index in [0.29, 0.717) is 10.6 Å². The summed E-state index contributed by atoms with van der Waals surface area (Å²) in [6.07, 6.45) is 3.57. The molecule has 1 amide bonds. The van der Waals surface area contributed by atoms with E-state index < -0.39 is 0 Å². The molecule has 1 fully saturated rings. The predicted molar refractivity (Wildman–Crippen MR) is 99.9 cm³/mol. The van der Waals surface area contributed by atoms with Crippen LogP contribution in [0.3, 0.4) is 0 Å². The molecule has 4 nitrogen and oxygen atoms in total. The lowest BCUT2D eigenvalue weighted by atomic mass is 10.0. The van der Waals surface area contributed by atoms with Gasteiger partial charge in [0.1, 0.15) is 0 Å². The van der Waals surface area contributed by atoms with Crippen LogP contribution in [0.25, 0.3) is 5.57 Å². The maximum Gasteiger partial charge on any atom is 0.219 e. The molecule has 0 aliphatic carbocycles. The van der Waals surface area contributed by atoms with Crippen molar-refractivity contribution in [3.05, 3.63) is 41.1 Å². The van der Waals surface area contributed by atoms with Gasteiger partial charge in [-0.05, 0) is 37.5 Å². The number of ketones is 1. The summed E-state index contributed by atoms with van der Waals surface area (Å²) in [6.45, 7) is 8.68. The van der Waals surface area contributed by atoms with Gasteiger partial charge in [-0.25, -0.2) is 0 Å². The Bertz CT molecular complexity index is 574. The average molecular weight is 351 g/mol. The number of nitrogens with zero attached hydrogens (tertiary/aromatic N) is 1. The summed E-state index contributed by atoms with van der Waals surface area (Å²) in [5.74, 6) is 0.135. The van der Waals surface area contributed by atoms with Crippen LogP contribution in [-0.4, -0.2) is 35.7 Å². The van der Waals surface area contributed by atoms with E-state index in [4.69, 9.17) is 11.6 Å². The normalized spacial score (nSPS) is 15.4. The van der Waals surface area contributed by atoms with Crippen molar-refractivity contribution in [3.8, 4) is 0 Å². The average Bonchev–Trinajstić information content (AvgIpc) is 2.58. The van der Waals surface area contributed by atoms with Crippen molar-refractivity contribution in [3.63, 3.8) is 0 Å². The second-order valence-corrected chi connectivity index (χ2v) is 6.00. The molecule has 24 heavy (non-hydrogen) atoms. The molecule has 5 heteroatoms. The molecular formula is C19H27ClN2O2. The molecule has 2 rings (SSSR count). The van der Waals surface area contributed by atoms with Crippen LogP contribution >= 0.6 is 11.6 Å². The van der Waals surface area contributed by atoms with E-state index in [1.54, 1.807) is 32.2 Å². The number of piperidine rings is 1. The molecule has 1 aromatic carbocycles. The Balaban J connectivity index is 0.00000139. The van der Waals surface area contributed by atoms with Gasteiger partial charge in [0.05, 0.1) is 0 Å². The summed E-state index contributed by atoms with van der Waals surface area (Å²) >= 11 is 5.88. The highest BCUT2D eigenvalue weighted by Gasteiger charge is 2.20. The van der Waals surface area contributed by atoms with Crippen LogP contribution in [0.2, 0.25) is 5.02 Å². The third-order valence-corrected chi connectivity index (χ3v) is 4.19. The number of rotatable bonds is 4. The SMILES string of the molecule is CC.CC(=O)/C(=C/NC1CCN(C(C)=O)CC1)c1ccc(Cl)cc1. The van der Waals surface area contributed by atoms with Crippen molar-refractivity contribution in [1.29, 1.82) is 0 Å². The molecule has 0 aromatic heterocycles. The lowest BCUT2D eigenvalue weighted by molar-refractivity contribution is -0.129. The Labute approximate surface area is 149 Å². The summed E-state index contributed by atoms with van der Waals surface area (Å²) in [6, 6.07) is 7.53. The molecule has 0 spiro atoms. The molecular weight excluding hydrogens is 324 g/mol. The summed E-state index contributed by atoms with van der Waals surface area (Å²) in [7, 11) is 0. The highest BCUT2D eigenvalue weighted by atomic mass is 35.5. The molecule has 0 atom stereocenters. The van der Waals surface area contributed by atoms with Crippen LogP contribution in [0.4, 0.5) is 0 Å². The number of hydrogen-bond donors (Lipinski definition) is 1. The maximum atomic E-state index is 11.8. The lowest BCUT2D eigenvalue weighted by Crippen LogP contribution is -2.42. The zero-order valence-electron chi connectivity index (χ0n) is 14.9. The van der Waals surface area contributed by atoms with Crippen molar-refractivity contribution >= 4 is 28.9 Å². The molecule has 1 aromatic rings. The van der Waals surface area contributed by atoms with Gasteiger partial charge >= 0.3 is 0 Å². The molecule has 1 heterocycles. The maximum absolute atomic E-state index is 11.8. The van der Waals surface area contributed by atoms with Crippen molar-refractivity contribution in [2.24, 2.45) is 0 Å². The fourth-order valence-corrected chi connectivity index (χ4v) is 2.71. The number of likely N-dealkylation sites (tertiary alicyclic amines) is 1. The fraction of sp³-hybridized carbons (Fsp3) is 0.474. The first-order valence-electron chi connectivity index (χ1n) is 8.46. The quantitative estimate of drug-likeness (QED) is 0.838. The monoisotopic (exact) mass is 350 g/mol. The Hall–Kier alpha value is -1.81. The van der Waals surface area contributed by atoms with E-state index in [1.807, 2.05) is 30.9 Å². The minimum atomic E-state index is 0.0102. The predicted octanol–water partition coefficient (Wildman–Crippen LogP) is 3.90. The van der Waals surface area contributed by atoms with E-state index in [9.17, 15) is 9.59 Å². The van der Waals surface area contributed by atoms with Gasteiger partial charge in [-0.3, -0.25) is 9.59 Å². The molecule has 0 saturated carbocycles. The first kappa shape index (κ1) is 20.2. The van der Waals surface area contributed by atoms with Crippen LogP contribution in [-0.2, 0) is 9.59 Å². The Morgan fingerprint density at radius 3 is 2.12 bits per heavy atom. The molecule has 1 aliphatic rings. The van der Waals surface area contributed by atoms with E-state index in [2.05, 4.69) is 5.32 Å². The van der Waals surface area contributed by atoms with Gasteiger partial charge in [0.15, 0.2) is 5.78 Å². The van der Waals surface area contributed by atoms with Crippen LogP contribution in [0.1, 0.15) is 46.1 Å². The summed E-state index contributed by atoms with van der Waals surface area (Å²) < 4.78 is 0. The number of carbonyl (C=O) groups is 2. The minimum Gasteiger partial charge on any atom is -0.387 e. The van der Waals surface area contributed by atoms with E-state index in [-0.39, 0.29) is 17.7 Å². The lowest BCUT2D eigenvalue weighted by Gasteiger charge is -2.31. The molecule has 132 valence electrons. The zero-order valence-corrected chi connectivity index (χ0v) is 15.7. The van der Waals surface area contributed by atoms with Gasteiger partial charge in [-0.1, -0.05) is 37.6 Å². The molecule has 1 saturated heterocycles. The summed E-state index contributed by atoms with van der Waals surface area (Å²) in [5.41, 5.74) is 1.50. The van der Waals surface area contributed by atoms with Crippen LogP contribution in [0.15, 0.2) is 30.5 Å². The number of Topliss-reactive ketones (excluding diaryl/α,β-unsaturated/α-hetero) is 1.